The topological polar surface area (TPSA) is 79.6 Å². The zero-order valence-corrected chi connectivity index (χ0v) is 18.8. The number of carbonyl (C=O) groups is 1. The number of amides is 2. The maximum absolute atomic E-state index is 13.3. The van der Waals surface area contributed by atoms with Gasteiger partial charge in [-0.1, -0.05) is 18.2 Å². The van der Waals surface area contributed by atoms with Crippen LogP contribution in [0.2, 0.25) is 0 Å². The molecule has 0 spiro atoms. The molecule has 3 aromatic carbocycles. The molecule has 0 bridgehead atoms. The number of likely N-dealkylation sites (tertiary alicyclic amines) is 1. The third-order valence-electron chi connectivity index (χ3n) is 7.05. The molecule has 0 aromatic heterocycles. The number of carbonyl (C=O) groups excluding carboxylic acids is 1. The summed E-state index contributed by atoms with van der Waals surface area (Å²) >= 11 is 0. The third-order valence-corrected chi connectivity index (χ3v) is 7.05. The van der Waals surface area contributed by atoms with Gasteiger partial charge in [-0.2, -0.15) is 5.26 Å². The smallest absolute Gasteiger partial charge is 0.322 e. The summed E-state index contributed by atoms with van der Waals surface area (Å²) in [7, 11) is 1.98. The Morgan fingerprint density at radius 3 is 2.50 bits per heavy atom. The maximum Gasteiger partial charge on any atom is 0.322 e. The molecule has 3 aromatic rings. The van der Waals surface area contributed by atoms with Gasteiger partial charge in [0, 0.05) is 30.9 Å². The second kappa shape index (κ2) is 8.81. The number of hydrogen-bond donors (Lipinski definition) is 2. The SMILES string of the molecule is CN1c2ccc(-c3ccc(C#N)cc3)cc2[C@@H]2[C@@H](CCN2C(=O)Nc2ccc(F)cc2)[C@H]1CO. The first-order valence-corrected chi connectivity index (χ1v) is 11.3. The Kier molecular flexibility index (Phi) is 5.68. The summed E-state index contributed by atoms with van der Waals surface area (Å²) in [4.78, 5) is 17.2. The molecule has 2 heterocycles. The summed E-state index contributed by atoms with van der Waals surface area (Å²) in [5, 5.41) is 22.2. The Morgan fingerprint density at radius 2 is 1.82 bits per heavy atom. The number of nitrogens with one attached hydrogen (secondary N) is 1. The average Bonchev–Trinajstić information content (AvgIpc) is 3.31. The van der Waals surface area contributed by atoms with Crippen LogP contribution in [0.25, 0.3) is 11.1 Å². The number of nitriles is 1. The average molecular weight is 457 g/mol. The number of aliphatic hydroxyl groups is 1. The summed E-state index contributed by atoms with van der Waals surface area (Å²) in [5.41, 5.74) is 5.15. The van der Waals surface area contributed by atoms with E-state index in [-0.39, 0.29) is 36.5 Å². The zero-order valence-electron chi connectivity index (χ0n) is 18.8. The molecule has 2 aliphatic rings. The molecule has 34 heavy (non-hydrogen) atoms. The van der Waals surface area contributed by atoms with Gasteiger partial charge in [0.2, 0.25) is 0 Å². The molecule has 0 aliphatic carbocycles. The molecule has 3 atom stereocenters. The Labute approximate surface area is 197 Å². The van der Waals surface area contributed by atoms with Gasteiger partial charge in [0.1, 0.15) is 5.82 Å². The number of urea groups is 1. The van der Waals surface area contributed by atoms with E-state index in [9.17, 15) is 14.3 Å². The number of likely N-dealkylation sites (N-methyl/N-ethyl adjacent to an activating group) is 1. The Balaban J connectivity index is 1.52. The van der Waals surface area contributed by atoms with Crippen molar-refractivity contribution in [3.05, 3.63) is 83.7 Å². The Morgan fingerprint density at radius 1 is 1.12 bits per heavy atom. The fraction of sp³-hybridized carbons (Fsp3) is 0.259. The molecule has 6 nitrogen and oxygen atoms in total. The fourth-order valence-corrected chi connectivity index (χ4v) is 5.33. The lowest BCUT2D eigenvalue weighted by Gasteiger charge is -2.44. The first-order chi connectivity index (χ1) is 16.5. The number of hydrogen-bond acceptors (Lipinski definition) is 4. The van der Waals surface area contributed by atoms with Crippen molar-refractivity contribution in [1.29, 1.82) is 5.26 Å². The quantitative estimate of drug-likeness (QED) is 0.595. The highest BCUT2D eigenvalue weighted by molar-refractivity contribution is 5.90. The molecule has 0 saturated carbocycles. The fourth-order valence-electron chi connectivity index (χ4n) is 5.33. The number of benzene rings is 3. The van der Waals surface area contributed by atoms with Crippen LogP contribution in [-0.4, -0.2) is 42.3 Å². The highest BCUT2D eigenvalue weighted by atomic mass is 19.1. The van der Waals surface area contributed by atoms with E-state index in [4.69, 9.17) is 5.26 Å². The van der Waals surface area contributed by atoms with Crippen molar-refractivity contribution in [2.45, 2.75) is 18.5 Å². The maximum atomic E-state index is 13.3. The minimum Gasteiger partial charge on any atom is -0.394 e. The van der Waals surface area contributed by atoms with E-state index >= 15 is 0 Å². The van der Waals surface area contributed by atoms with Crippen LogP contribution in [0.1, 0.15) is 23.6 Å². The standard InChI is InChI=1S/C27H25FN4O2/c1-31-24-11-6-19(18-4-2-17(15-29)3-5-18)14-23(24)26-22(25(31)16-33)12-13-32(26)27(34)30-21-9-7-20(28)8-10-21/h2-11,14,22,25-26,33H,12-13,16H2,1H3,(H,30,34)/t22-,25+,26-/m0/s1. The number of fused-ring (bicyclic) bond motifs is 3. The number of nitrogens with zero attached hydrogens (tertiary/aromatic N) is 3. The van der Waals surface area contributed by atoms with E-state index in [2.05, 4.69) is 22.4 Å². The highest BCUT2D eigenvalue weighted by Crippen LogP contribution is 2.49. The lowest BCUT2D eigenvalue weighted by atomic mass is 9.81. The normalized spacial score (nSPS) is 20.9. The summed E-state index contributed by atoms with van der Waals surface area (Å²) in [6, 6.07) is 21.0. The van der Waals surface area contributed by atoms with E-state index in [1.54, 1.807) is 24.3 Å². The molecule has 5 rings (SSSR count). The van der Waals surface area contributed by atoms with Crippen LogP contribution in [0.3, 0.4) is 0 Å². The molecule has 7 heteroatoms. The third kappa shape index (κ3) is 3.76. The van der Waals surface area contributed by atoms with Crippen molar-refractivity contribution in [2.24, 2.45) is 5.92 Å². The van der Waals surface area contributed by atoms with Crippen molar-refractivity contribution < 1.29 is 14.3 Å². The van der Waals surface area contributed by atoms with Gasteiger partial charge in [-0.3, -0.25) is 0 Å². The first kappa shape index (κ1) is 21.9. The molecule has 2 amide bonds. The molecule has 2 N–H and O–H groups in total. The van der Waals surface area contributed by atoms with E-state index in [1.807, 2.05) is 36.2 Å². The second-order valence-electron chi connectivity index (χ2n) is 8.85. The van der Waals surface area contributed by atoms with Crippen molar-refractivity contribution in [2.75, 3.05) is 30.4 Å². The molecule has 2 aliphatic heterocycles. The van der Waals surface area contributed by atoms with Gasteiger partial charge < -0.3 is 20.2 Å². The summed E-state index contributed by atoms with van der Waals surface area (Å²) in [6.45, 7) is 0.565. The number of halogens is 1. The number of anilines is 2. The summed E-state index contributed by atoms with van der Waals surface area (Å²) in [6.07, 6.45) is 0.775. The highest BCUT2D eigenvalue weighted by Gasteiger charge is 2.47. The summed E-state index contributed by atoms with van der Waals surface area (Å²) in [5.74, 6) is -0.276. The van der Waals surface area contributed by atoms with Gasteiger partial charge in [-0.15, -0.1) is 0 Å². The van der Waals surface area contributed by atoms with Crippen molar-refractivity contribution in [1.82, 2.24) is 4.90 Å². The van der Waals surface area contributed by atoms with Crippen LogP contribution >= 0.6 is 0 Å². The summed E-state index contributed by atoms with van der Waals surface area (Å²) < 4.78 is 13.3. The predicted molar refractivity (Wildman–Crippen MR) is 129 cm³/mol. The Hall–Kier alpha value is -3.89. The van der Waals surface area contributed by atoms with Gasteiger partial charge >= 0.3 is 6.03 Å². The zero-order chi connectivity index (χ0) is 23.8. The van der Waals surface area contributed by atoms with Crippen LogP contribution in [0.15, 0.2) is 66.7 Å². The molecular weight excluding hydrogens is 431 g/mol. The molecule has 1 saturated heterocycles. The largest absolute Gasteiger partial charge is 0.394 e. The van der Waals surface area contributed by atoms with Crippen LogP contribution in [0, 0.1) is 23.1 Å². The van der Waals surface area contributed by atoms with E-state index in [0.717, 1.165) is 28.8 Å². The van der Waals surface area contributed by atoms with E-state index in [1.165, 1.54) is 12.1 Å². The van der Waals surface area contributed by atoms with Crippen molar-refractivity contribution in [3.8, 4) is 17.2 Å². The lowest BCUT2D eigenvalue weighted by molar-refractivity contribution is 0.168. The van der Waals surface area contributed by atoms with Crippen LogP contribution in [0.4, 0.5) is 20.6 Å². The molecule has 172 valence electrons. The number of rotatable bonds is 3. The number of aliphatic hydroxyl groups excluding tert-OH is 1. The molecule has 0 unspecified atom stereocenters. The monoisotopic (exact) mass is 456 g/mol. The Bertz CT molecular complexity index is 1250. The molecule has 0 radical (unpaired) electrons. The minimum atomic E-state index is -0.357. The van der Waals surface area contributed by atoms with E-state index < -0.39 is 0 Å². The van der Waals surface area contributed by atoms with Crippen LogP contribution in [0.5, 0.6) is 0 Å². The predicted octanol–water partition coefficient (Wildman–Crippen LogP) is 4.77. The first-order valence-electron chi connectivity index (χ1n) is 11.3. The minimum absolute atomic E-state index is 0.00189. The lowest BCUT2D eigenvalue weighted by Crippen LogP contribution is -2.48. The second-order valence-corrected chi connectivity index (χ2v) is 8.85. The van der Waals surface area contributed by atoms with Gasteiger partial charge in [0.05, 0.1) is 30.3 Å². The molecule has 1 fully saturated rings. The molecular formula is C27H25FN4O2. The van der Waals surface area contributed by atoms with Gasteiger partial charge in [-0.05, 0) is 71.6 Å². The van der Waals surface area contributed by atoms with Crippen molar-refractivity contribution >= 4 is 17.4 Å². The van der Waals surface area contributed by atoms with Crippen LogP contribution in [-0.2, 0) is 0 Å². The van der Waals surface area contributed by atoms with Gasteiger partial charge in [0.15, 0.2) is 0 Å². The van der Waals surface area contributed by atoms with Crippen LogP contribution < -0.4 is 10.2 Å². The van der Waals surface area contributed by atoms with E-state index in [0.29, 0.717) is 17.8 Å². The van der Waals surface area contributed by atoms with Gasteiger partial charge in [-0.25, -0.2) is 9.18 Å². The van der Waals surface area contributed by atoms with Gasteiger partial charge in [0.25, 0.3) is 0 Å². The van der Waals surface area contributed by atoms with Crippen molar-refractivity contribution in [3.63, 3.8) is 0 Å².